The van der Waals surface area contributed by atoms with E-state index in [-0.39, 0.29) is 18.4 Å². The fourth-order valence-corrected chi connectivity index (χ4v) is 3.83. The van der Waals surface area contributed by atoms with Gasteiger partial charge in [-0.25, -0.2) is 0 Å². The van der Waals surface area contributed by atoms with Crippen LogP contribution in [0.5, 0.6) is 0 Å². The van der Waals surface area contributed by atoms with E-state index in [1.807, 2.05) is 84.5 Å². The molecule has 2 aromatic carbocycles. The predicted molar refractivity (Wildman–Crippen MR) is 135 cm³/mol. The number of aryl methyl sites for hydroxylation is 1. The van der Waals surface area contributed by atoms with Crippen LogP contribution in [-0.4, -0.2) is 59.5 Å². The first-order chi connectivity index (χ1) is 16.5. The number of hydrogen-bond acceptors (Lipinski definition) is 3. The van der Waals surface area contributed by atoms with Crippen molar-refractivity contribution >= 4 is 11.8 Å². The number of nitrogens with zero attached hydrogens (tertiary/aromatic N) is 3. The summed E-state index contributed by atoms with van der Waals surface area (Å²) in [6.07, 6.45) is 3.75. The molecule has 0 fully saturated rings. The molecule has 180 valence electrons. The van der Waals surface area contributed by atoms with Crippen molar-refractivity contribution in [3.8, 4) is 11.1 Å². The molecule has 0 bridgehead atoms. The smallest absolute Gasteiger partial charge is 0.254 e. The van der Waals surface area contributed by atoms with E-state index in [2.05, 4.69) is 6.92 Å². The van der Waals surface area contributed by atoms with Gasteiger partial charge in [0.05, 0.1) is 13.2 Å². The molecule has 3 aromatic rings. The van der Waals surface area contributed by atoms with Gasteiger partial charge in [0.1, 0.15) is 6.54 Å². The number of rotatable bonds is 12. The summed E-state index contributed by atoms with van der Waals surface area (Å²) >= 11 is 0. The highest BCUT2D eigenvalue weighted by atomic mass is 16.5. The third kappa shape index (κ3) is 6.81. The molecule has 0 radical (unpaired) electrons. The Morgan fingerprint density at radius 2 is 1.59 bits per heavy atom. The van der Waals surface area contributed by atoms with Gasteiger partial charge in [0.2, 0.25) is 5.91 Å². The predicted octanol–water partition coefficient (Wildman–Crippen LogP) is 4.61. The van der Waals surface area contributed by atoms with Crippen LogP contribution in [0.3, 0.4) is 0 Å². The Bertz CT molecular complexity index is 1040. The number of amides is 2. The van der Waals surface area contributed by atoms with Gasteiger partial charge in [-0.2, -0.15) is 0 Å². The quantitative estimate of drug-likeness (QED) is 0.396. The first-order valence-corrected chi connectivity index (χ1v) is 11.8. The van der Waals surface area contributed by atoms with E-state index in [1.165, 1.54) is 0 Å². The van der Waals surface area contributed by atoms with E-state index in [4.69, 9.17) is 4.74 Å². The molecule has 0 atom stereocenters. The van der Waals surface area contributed by atoms with E-state index in [1.54, 1.807) is 16.9 Å². The fourth-order valence-electron chi connectivity index (χ4n) is 3.83. The molecule has 6 nitrogen and oxygen atoms in total. The second kappa shape index (κ2) is 12.8. The van der Waals surface area contributed by atoms with Crippen molar-refractivity contribution in [2.75, 3.05) is 33.4 Å². The zero-order valence-corrected chi connectivity index (χ0v) is 20.4. The number of hydrogen-bond donors (Lipinski definition) is 0. The zero-order chi connectivity index (χ0) is 24.3. The van der Waals surface area contributed by atoms with E-state index in [0.717, 1.165) is 29.7 Å². The van der Waals surface area contributed by atoms with E-state index < -0.39 is 0 Å². The van der Waals surface area contributed by atoms with Crippen LogP contribution < -0.4 is 0 Å². The highest BCUT2D eigenvalue weighted by Gasteiger charge is 2.23. The van der Waals surface area contributed by atoms with Crippen LogP contribution in [0, 0.1) is 0 Å². The standard InChI is InChI=1S/C28H35N3O3/c1-4-5-18-31(22-27(32)30(19-20-34-3)21-26-12-9-17-29(26)2)28(33)25-15-13-24(14-16-25)23-10-7-6-8-11-23/h6-17H,4-5,18-22H2,1-3H3. The number of methoxy groups -OCH3 is 1. The largest absolute Gasteiger partial charge is 0.383 e. The van der Waals surface area contributed by atoms with Crippen molar-refractivity contribution in [1.82, 2.24) is 14.4 Å². The Kier molecular flexibility index (Phi) is 9.47. The van der Waals surface area contributed by atoms with Gasteiger partial charge < -0.3 is 19.1 Å². The monoisotopic (exact) mass is 461 g/mol. The van der Waals surface area contributed by atoms with Crippen molar-refractivity contribution in [3.05, 3.63) is 84.2 Å². The number of ether oxygens (including phenoxy) is 1. The van der Waals surface area contributed by atoms with E-state index in [9.17, 15) is 9.59 Å². The first kappa shape index (κ1) is 25.2. The first-order valence-electron chi connectivity index (χ1n) is 11.8. The third-order valence-electron chi connectivity index (χ3n) is 5.96. The minimum Gasteiger partial charge on any atom is -0.383 e. The lowest BCUT2D eigenvalue weighted by molar-refractivity contribution is -0.133. The van der Waals surface area contributed by atoms with Crippen molar-refractivity contribution in [3.63, 3.8) is 0 Å². The van der Waals surface area contributed by atoms with E-state index in [0.29, 0.717) is 31.8 Å². The summed E-state index contributed by atoms with van der Waals surface area (Å²) in [6.45, 7) is 4.08. The molecule has 0 saturated carbocycles. The van der Waals surface area contributed by atoms with Crippen LogP contribution in [-0.2, 0) is 23.1 Å². The van der Waals surface area contributed by atoms with E-state index >= 15 is 0 Å². The molecule has 1 heterocycles. The average Bonchev–Trinajstić information content (AvgIpc) is 3.28. The van der Waals surface area contributed by atoms with Gasteiger partial charge in [-0.05, 0) is 41.8 Å². The van der Waals surface area contributed by atoms with Crippen molar-refractivity contribution in [2.24, 2.45) is 7.05 Å². The van der Waals surface area contributed by atoms with Gasteiger partial charge in [0.15, 0.2) is 0 Å². The third-order valence-corrected chi connectivity index (χ3v) is 5.96. The summed E-state index contributed by atoms with van der Waals surface area (Å²) in [4.78, 5) is 30.1. The van der Waals surface area contributed by atoms with Gasteiger partial charge >= 0.3 is 0 Å². The van der Waals surface area contributed by atoms with Crippen LogP contribution >= 0.6 is 0 Å². The Hall–Kier alpha value is -3.38. The molecule has 0 N–H and O–H groups in total. The van der Waals surface area contributed by atoms with Crippen molar-refractivity contribution in [2.45, 2.75) is 26.3 Å². The second-order valence-electron chi connectivity index (χ2n) is 8.44. The molecule has 2 amide bonds. The van der Waals surface area contributed by atoms with Crippen molar-refractivity contribution in [1.29, 1.82) is 0 Å². The summed E-state index contributed by atoms with van der Waals surface area (Å²) in [6, 6.07) is 21.7. The molecule has 0 aliphatic heterocycles. The molecule has 0 saturated heterocycles. The number of carbonyl (C=O) groups is 2. The molecule has 0 aliphatic rings. The van der Waals surface area contributed by atoms with Gasteiger partial charge in [-0.1, -0.05) is 55.8 Å². The topological polar surface area (TPSA) is 54.8 Å². The number of carbonyl (C=O) groups excluding carboxylic acids is 2. The summed E-state index contributed by atoms with van der Waals surface area (Å²) in [7, 11) is 3.59. The Morgan fingerprint density at radius 3 is 2.21 bits per heavy atom. The van der Waals surface area contributed by atoms with Gasteiger partial charge in [0, 0.05) is 44.7 Å². The Morgan fingerprint density at radius 1 is 0.882 bits per heavy atom. The maximum atomic E-state index is 13.4. The molecule has 1 aromatic heterocycles. The molecule has 0 unspecified atom stereocenters. The van der Waals surface area contributed by atoms with Crippen LogP contribution in [0.25, 0.3) is 11.1 Å². The maximum Gasteiger partial charge on any atom is 0.254 e. The molecular weight excluding hydrogens is 426 g/mol. The van der Waals surface area contributed by atoms with Gasteiger partial charge in [0.25, 0.3) is 5.91 Å². The molecule has 0 spiro atoms. The number of benzene rings is 2. The number of aromatic nitrogens is 1. The minimum absolute atomic E-state index is 0.0490. The minimum atomic E-state index is -0.119. The highest BCUT2D eigenvalue weighted by Crippen LogP contribution is 2.20. The SMILES string of the molecule is CCCCN(CC(=O)N(CCOC)Cc1cccn1C)C(=O)c1ccc(-c2ccccc2)cc1. The maximum absolute atomic E-state index is 13.4. The normalized spacial score (nSPS) is 10.8. The zero-order valence-electron chi connectivity index (χ0n) is 20.4. The molecule has 3 rings (SSSR count). The fraction of sp³-hybridized carbons (Fsp3) is 0.357. The lowest BCUT2D eigenvalue weighted by Crippen LogP contribution is -2.44. The average molecular weight is 462 g/mol. The molecule has 34 heavy (non-hydrogen) atoms. The van der Waals surface area contributed by atoms with Crippen LogP contribution in [0.15, 0.2) is 72.9 Å². The molecule has 6 heteroatoms. The summed E-state index contributed by atoms with van der Waals surface area (Å²) < 4.78 is 7.23. The van der Waals surface area contributed by atoms with Gasteiger partial charge in [-0.15, -0.1) is 0 Å². The summed E-state index contributed by atoms with van der Waals surface area (Å²) in [5.74, 6) is -0.199. The van der Waals surface area contributed by atoms with Crippen LogP contribution in [0.2, 0.25) is 0 Å². The second-order valence-corrected chi connectivity index (χ2v) is 8.44. The summed E-state index contributed by atoms with van der Waals surface area (Å²) in [5.41, 5.74) is 3.79. The van der Waals surface area contributed by atoms with Crippen molar-refractivity contribution < 1.29 is 14.3 Å². The van der Waals surface area contributed by atoms with Gasteiger partial charge in [-0.3, -0.25) is 9.59 Å². The summed E-state index contributed by atoms with van der Waals surface area (Å²) in [5, 5.41) is 0. The highest BCUT2D eigenvalue weighted by molar-refractivity contribution is 5.97. The Labute approximate surface area is 202 Å². The van der Waals surface area contributed by atoms with Crippen LogP contribution in [0.4, 0.5) is 0 Å². The van der Waals surface area contributed by atoms with Crippen LogP contribution in [0.1, 0.15) is 35.8 Å². The Balaban J connectivity index is 1.74. The molecular formula is C28H35N3O3. The molecule has 0 aliphatic carbocycles. The number of unbranched alkanes of at least 4 members (excludes halogenated alkanes) is 1. The lowest BCUT2D eigenvalue weighted by atomic mass is 10.0. The lowest BCUT2D eigenvalue weighted by Gasteiger charge is -2.28.